The maximum Gasteiger partial charge on any atom is 0.298 e. The molecule has 0 amide bonds. The van der Waals surface area contributed by atoms with Crippen LogP contribution in [-0.4, -0.2) is 64.5 Å². The van der Waals surface area contributed by atoms with E-state index in [0.717, 1.165) is 11.1 Å². The summed E-state index contributed by atoms with van der Waals surface area (Å²) in [5, 5.41) is 20.8. The van der Waals surface area contributed by atoms with Gasteiger partial charge < -0.3 is 19.3 Å². The van der Waals surface area contributed by atoms with E-state index in [1.54, 1.807) is 44.2 Å². The van der Waals surface area contributed by atoms with Gasteiger partial charge in [-0.1, -0.05) is 35.4 Å². The number of aliphatic hydroxyl groups excluding tert-OH is 1. The molecule has 1 N–H and O–H groups in total. The molecule has 0 bridgehead atoms. The van der Waals surface area contributed by atoms with E-state index in [1.165, 1.54) is 38.1 Å². The van der Waals surface area contributed by atoms with Gasteiger partial charge in [-0.3, -0.25) is 4.18 Å². The third kappa shape index (κ3) is 5.43. The molecular weight excluding hydrogens is 526 g/mol. The second-order valence-electron chi connectivity index (χ2n) is 9.33. The predicted octanol–water partition coefficient (Wildman–Crippen LogP) is 1.91. The van der Waals surface area contributed by atoms with E-state index in [-0.39, 0.29) is 9.79 Å². The topological polar surface area (TPSA) is 158 Å². The monoisotopic (exact) mass is 553 g/mol. The first-order chi connectivity index (χ1) is 17.2. The van der Waals surface area contributed by atoms with Crippen LogP contribution in [0.2, 0.25) is 0 Å². The van der Waals surface area contributed by atoms with Gasteiger partial charge in [-0.25, -0.2) is 4.18 Å². The minimum atomic E-state index is -4.46. The summed E-state index contributed by atoms with van der Waals surface area (Å²) in [5.41, 5.74) is 1.66. The second kappa shape index (κ2) is 9.72. The highest BCUT2D eigenvalue weighted by molar-refractivity contribution is 7.87. The number of fused-ring (bicyclic) bond motifs is 1. The largest absolute Gasteiger partial charge is 0.387 e. The number of aryl methyl sites for hydroxylation is 2. The van der Waals surface area contributed by atoms with Crippen LogP contribution in [0.15, 0.2) is 58.3 Å². The molecule has 5 atom stereocenters. The molecule has 2 aliphatic rings. The van der Waals surface area contributed by atoms with Crippen LogP contribution in [0, 0.1) is 25.2 Å². The van der Waals surface area contributed by atoms with Gasteiger partial charge >= 0.3 is 0 Å². The molecule has 4 rings (SSSR count). The minimum absolute atomic E-state index is 0.100. The Bertz CT molecular complexity index is 1400. The highest BCUT2D eigenvalue weighted by Crippen LogP contribution is 2.48. The van der Waals surface area contributed by atoms with Gasteiger partial charge in [-0.2, -0.15) is 22.1 Å². The summed E-state index contributed by atoms with van der Waals surface area (Å²) in [4.78, 5) is -0.302. The molecule has 2 aromatic carbocycles. The molecule has 0 spiro atoms. The quantitative estimate of drug-likeness (QED) is 0.476. The fourth-order valence-electron chi connectivity index (χ4n) is 4.15. The molecular formula is C24H27NO10S2. The van der Waals surface area contributed by atoms with Crippen molar-refractivity contribution >= 4 is 20.2 Å². The third-order valence-electron chi connectivity index (χ3n) is 5.95. The van der Waals surface area contributed by atoms with E-state index < -0.39 is 62.8 Å². The number of benzene rings is 2. The Hall–Kier alpha value is -2.41. The van der Waals surface area contributed by atoms with Crippen molar-refractivity contribution in [2.24, 2.45) is 0 Å². The minimum Gasteiger partial charge on any atom is -0.387 e. The second-order valence-corrected chi connectivity index (χ2v) is 12.5. The standard InChI is InChI=1S/C24H27NO10S2/c1-15-5-9-17(10-6-15)36(27,28)31-14-19-21(26)22-24(32-19,35-23(3,4)33-22)20(13-25)34-37(29,30)18-11-7-16(2)8-12-18/h5-12,19-22,26H,14H2,1-4H3/t19-,20+,21+,22-,24-/m0/s1. The van der Waals surface area contributed by atoms with E-state index in [9.17, 15) is 27.2 Å². The van der Waals surface area contributed by atoms with Crippen LogP contribution in [-0.2, 0) is 42.8 Å². The molecule has 0 aliphatic carbocycles. The van der Waals surface area contributed by atoms with Gasteiger partial charge in [0.25, 0.3) is 20.2 Å². The maximum atomic E-state index is 12.9. The number of rotatable bonds is 8. The average Bonchev–Trinajstić information content (AvgIpc) is 3.24. The van der Waals surface area contributed by atoms with Gasteiger partial charge in [0.2, 0.25) is 11.9 Å². The Labute approximate surface area is 215 Å². The molecule has 37 heavy (non-hydrogen) atoms. The number of nitrogens with zero attached hydrogens (tertiary/aromatic N) is 1. The average molecular weight is 554 g/mol. The number of hydrogen-bond acceptors (Lipinski definition) is 11. The predicted molar refractivity (Wildman–Crippen MR) is 127 cm³/mol. The van der Waals surface area contributed by atoms with Crippen molar-refractivity contribution in [3.63, 3.8) is 0 Å². The number of hydrogen-bond donors (Lipinski definition) is 1. The van der Waals surface area contributed by atoms with Crippen molar-refractivity contribution in [2.75, 3.05) is 6.61 Å². The van der Waals surface area contributed by atoms with Crippen LogP contribution in [0.1, 0.15) is 25.0 Å². The molecule has 11 nitrogen and oxygen atoms in total. The summed E-state index contributed by atoms with van der Waals surface area (Å²) in [5.74, 6) is -3.59. The van der Waals surface area contributed by atoms with Crippen LogP contribution >= 0.6 is 0 Å². The van der Waals surface area contributed by atoms with Crippen LogP contribution in [0.25, 0.3) is 0 Å². The first-order valence-electron chi connectivity index (χ1n) is 11.3. The first kappa shape index (κ1) is 27.6. The summed E-state index contributed by atoms with van der Waals surface area (Å²) < 4.78 is 78.8. The van der Waals surface area contributed by atoms with Gasteiger partial charge in [0.1, 0.15) is 24.4 Å². The third-order valence-corrected chi connectivity index (χ3v) is 8.54. The van der Waals surface area contributed by atoms with E-state index in [2.05, 4.69) is 0 Å². The zero-order chi connectivity index (χ0) is 27.2. The lowest BCUT2D eigenvalue weighted by Crippen LogP contribution is -2.52. The molecule has 0 radical (unpaired) electrons. The summed E-state index contributed by atoms with van der Waals surface area (Å²) >= 11 is 0. The Balaban J connectivity index is 1.59. The zero-order valence-corrected chi connectivity index (χ0v) is 22.2. The molecule has 2 aliphatic heterocycles. The highest BCUT2D eigenvalue weighted by Gasteiger charge is 2.69. The Kier molecular flexibility index (Phi) is 7.25. The van der Waals surface area contributed by atoms with Crippen molar-refractivity contribution in [1.29, 1.82) is 5.26 Å². The van der Waals surface area contributed by atoms with Crippen molar-refractivity contribution in [3.8, 4) is 6.07 Å². The van der Waals surface area contributed by atoms with E-state index >= 15 is 0 Å². The number of aliphatic hydroxyl groups is 1. The molecule has 2 aromatic rings. The van der Waals surface area contributed by atoms with Crippen LogP contribution in [0.5, 0.6) is 0 Å². The number of ether oxygens (including phenoxy) is 3. The Morgan fingerprint density at radius 3 is 1.97 bits per heavy atom. The summed E-state index contributed by atoms with van der Waals surface area (Å²) in [6.45, 7) is 5.89. The molecule has 2 fully saturated rings. The van der Waals surface area contributed by atoms with E-state index in [4.69, 9.17) is 22.6 Å². The molecule has 200 valence electrons. The SMILES string of the molecule is Cc1ccc(S(=O)(=O)OC[C@@H]2O[C@@]3([C@@H](C#N)OS(=O)(=O)c4ccc(C)cc4)OC(C)(C)O[C@H]3[C@@H]2O)cc1. The van der Waals surface area contributed by atoms with Crippen molar-refractivity contribution in [2.45, 2.75) is 73.5 Å². The van der Waals surface area contributed by atoms with Crippen molar-refractivity contribution < 1.29 is 44.5 Å². The lowest BCUT2D eigenvalue weighted by Gasteiger charge is -2.31. The number of nitriles is 1. The maximum absolute atomic E-state index is 12.9. The zero-order valence-electron chi connectivity index (χ0n) is 20.5. The Morgan fingerprint density at radius 1 is 0.946 bits per heavy atom. The smallest absolute Gasteiger partial charge is 0.298 e. The summed E-state index contributed by atoms with van der Waals surface area (Å²) in [6, 6.07) is 13.4. The van der Waals surface area contributed by atoms with E-state index in [1.807, 2.05) is 0 Å². The van der Waals surface area contributed by atoms with Crippen LogP contribution in [0.3, 0.4) is 0 Å². The lowest BCUT2D eigenvalue weighted by molar-refractivity contribution is -0.283. The van der Waals surface area contributed by atoms with Crippen molar-refractivity contribution in [1.82, 2.24) is 0 Å². The van der Waals surface area contributed by atoms with Crippen molar-refractivity contribution in [3.05, 3.63) is 59.7 Å². The van der Waals surface area contributed by atoms with Crippen LogP contribution < -0.4 is 0 Å². The fourth-order valence-corrected chi connectivity index (χ4v) is 6.08. The van der Waals surface area contributed by atoms with Gasteiger partial charge in [-0.15, -0.1) is 0 Å². The molecule has 2 saturated heterocycles. The van der Waals surface area contributed by atoms with Gasteiger partial charge in [0.05, 0.1) is 16.4 Å². The van der Waals surface area contributed by atoms with Gasteiger partial charge in [0, 0.05) is 0 Å². The molecule has 2 heterocycles. The molecule has 0 aromatic heterocycles. The highest BCUT2D eigenvalue weighted by atomic mass is 32.2. The lowest BCUT2D eigenvalue weighted by atomic mass is 10.0. The Morgan fingerprint density at radius 2 is 1.46 bits per heavy atom. The van der Waals surface area contributed by atoms with E-state index in [0.29, 0.717) is 0 Å². The molecule has 0 unspecified atom stereocenters. The normalized spacial score (nSPS) is 27.9. The molecule has 13 heteroatoms. The van der Waals surface area contributed by atoms with Gasteiger partial charge in [0.15, 0.2) is 5.79 Å². The fraction of sp³-hybridized carbons (Fsp3) is 0.458. The van der Waals surface area contributed by atoms with Gasteiger partial charge in [-0.05, 0) is 52.0 Å². The first-order valence-corrected chi connectivity index (χ1v) is 14.1. The summed E-state index contributed by atoms with van der Waals surface area (Å²) in [6.07, 6.45) is -6.21. The summed E-state index contributed by atoms with van der Waals surface area (Å²) in [7, 11) is -8.68. The molecule has 0 saturated carbocycles. The van der Waals surface area contributed by atoms with Crippen LogP contribution in [0.4, 0.5) is 0 Å².